The number of H-pyrrole nitrogens is 1. The second-order valence-electron chi connectivity index (χ2n) is 4.12. The third-order valence-corrected chi connectivity index (χ3v) is 3.46. The molecular weight excluding hydrogens is 208 g/mol. The van der Waals surface area contributed by atoms with Crippen molar-refractivity contribution >= 4 is 22.5 Å². The minimum atomic E-state index is 0.619. The van der Waals surface area contributed by atoms with Crippen LogP contribution >= 0.6 is 11.6 Å². The maximum absolute atomic E-state index is 6.14. The number of hydrogen-bond donors (Lipinski definition) is 2. The summed E-state index contributed by atoms with van der Waals surface area (Å²) < 4.78 is 0. The molecule has 0 saturated carbocycles. The smallest absolute Gasteiger partial charge is 0.0499 e. The Morgan fingerprint density at radius 2 is 2.27 bits per heavy atom. The van der Waals surface area contributed by atoms with Crippen LogP contribution in [-0.4, -0.2) is 18.1 Å². The Morgan fingerprint density at radius 1 is 1.33 bits per heavy atom. The van der Waals surface area contributed by atoms with E-state index in [9.17, 15) is 0 Å². The zero-order chi connectivity index (χ0) is 10.3. The number of aromatic nitrogens is 1. The number of fused-ring (bicyclic) bond motifs is 1. The molecule has 0 aliphatic carbocycles. The lowest BCUT2D eigenvalue weighted by Gasteiger charge is -2.03. The van der Waals surface area contributed by atoms with E-state index in [2.05, 4.69) is 22.4 Å². The van der Waals surface area contributed by atoms with Gasteiger partial charge < -0.3 is 10.3 Å². The maximum Gasteiger partial charge on any atom is 0.0499 e. The summed E-state index contributed by atoms with van der Waals surface area (Å²) in [7, 11) is 0. The first-order valence-electron chi connectivity index (χ1n) is 5.32. The monoisotopic (exact) mass is 220 g/mol. The Hall–Kier alpha value is -0.990. The van der Waals surface area contributed by atoms with Crippen molar-refractivity contribution in [1.29, 1.82) is 0 Å². The number of hydrogen-bond acceptors (Lipinski definition) is 1. The summed E-state index contributed by atoms with van der Waals surface area (Å²) >= 11 is 6.14. The summed E-state index contributed by atoms with van der Waals surface area (Å²) in [5.41, 5.74) is 2.45. The van der Waals surface area contributed by atoms with Crippen LogP contribution in [0.5, 0.6) is 0 Å². The first-order valence-corrected chi connectivity index (χ1v) is 5.70. The van der Waals surface area contributed by atoms with Gasteiger partial charge in [0.15, 0.2) is 0 Å². The molecule has 2 N–H and O–H groups in total. The Labute approximate surface area is 93.6 Å². The Bertz CT molecular complexity index is 483. The van der Waals surface area contributed by atoms with Crippen molar-refractivity contribution in [2.75, 3.05) is 13.1 Å². The largest absolute Gasteiger partial charge is 0.358 e. The van der Waals surface area contributed by atoms with Gasteiger partial charge in [0.25, 0.3) is 0 Å². The summed E-state index contributed by atoms with van der Waals surface area (Å²) in [5.74, 6) is 0.619. The summed E-state index contributed by atoms with van der Waals surface area (Å²) in [6, 6.07) is 8.19. The SMILES string of the molecule is Clc1cccc2[nH]c([C@@H]3CCNC3)cc12. The van der Waals surface area contributed by atoms with Crippen LogP contribution < -0.4 is 5.32 Å². The molecule has 0 amide bonds. The van der Waals surface area contributed by atoms with Gasteiger partial charge in [0.1, 0.15) is 0 Å². The molecule has 1 aromatic heterocycles. The van der Waals surface area contributed by atoms with Gasteiger partial charge in [0, 0.05) is 34.1 Å². The van der Waals surface area contributed by atoms with Crippen molar-refractivity contribution in [1.82, 2.24) is 10.3 Å². The molecule has 2 heterocycles. The second-order valence-corrected chi connectivity index (χ2v) is 4.52. The van der Waals surface area contributed by atoms with Crippen molar-refractivity contribution in [3.05, 3.63) is 35.0 Å². The molecule has 1 saturated heterocycles. The van der Waals surface area contributed by atoms with E-state index in [1.165, 1.54) is 12.1 Å². The molecule has 2 aromatic rings. The van der Waals surface area contributed by atoms with E-state index in [0.717, 1.165) is 29.0 Å². The number of nitrogens with one attached hydrogen (secondary N) is 2. The predicted molar refractivity (Wildman–Crippen MR) is 63.5 cm³/mol. The number of aromatic amines is 1. The van der Waals surface area contributed by atoms with Gasteiger partial charge in [-0.15, -0.1) is 0 Å². The van der Waals surface area contributed by atoms with E-state index in [1.54, 1.807) is 0 Å². The number of rotatable bonds is 1. The van der Waals surface area contributed by atoms with E-state index < -0.39 is 0 Å². The van der Waals surface area contributed by atoms with Crippen LogP contribution in [0.2, 0.25) is 5.02 Å². The van der Waals surface area contributed by atoms with Crippen LogP contribution in [0.25, 0.3) is 10.9 Å². The van der Waals surface area contributed by atoms with Crippen LogP contribution in [0.3, 0.4) is 0 Å². The first-order chi connectivity index (χ1) is 7.34. The van der Waals surface area contributed by atoms with E-state index in [1.807, 2.05) is 12.1 Å². The van der Waals surface area contributed by atoms with E-state index in [0.29, 0.717) is 5.92 Å². The summed E-state index contributed by atoms with van der Waals surface area (Å²) in [6.45, 7) is 2.19. The van der Waals surface area contributed by atoms with Gasteiger partial charge in [-0.05, 0) is 31.2 Å². The van der Waals surface area contributed by atoms with Crippen molar-refractivity contribution in [2.45, 2.75) is 12.3 Å². The van der Waals surface area contributed by atoms with Gasteiger partial charge in [-0.1, -0.05) is 17.7 Å². The fourth-order valence-corrected chi connectivity index (χ4v) is 2.51. The highest BCUT2D eigenvalue weighted by atomic mass is 35.5. The normalized spacial score (nSPS) is 21.3. The molecule has 1 aromatic carbocycles. The van der Waals surface area contributed by atoms with Crippen LogP contribution in [-0.2, 0) is 0 Å². The lowest BCUT2D eigenvalue weighted by molar-refractivity contribution is 0.743. The lowest BCUT2D eigenvalue weighted by atomic mass is 10.1. The van der Waals surface area contributed by atoms with Gasteiger partial charge >= 0.3 is 0 Å². The molecule has 0 radical (unpaired) electrons. The molecule has 0 bridgehead atoms. The highest BCUT2D eigenvalue weighted by Crippen LogP contribution is 2.29. The Morgan fingerprint density at radius 3 is 3.00 bits per heavy atom. The van der Waals surface area contributed by atoms with Crippen molar-refractivity contribution in [2.24, 2.45) is 0 Å². The van der Waals surface area contributed by atoms with Crippen molar-refractivity contribution < 1.29 is 0 Å². The second kappa shape index (κ2) is 3.54. The standard InChI is InChI=1S/C12H13ClN2/c13-10-2-1-3-11-9(10)6-12(15-11)8-4-5-14-7-8/h1-3,6,8,14-15H,4-5,7H2/t8-/m1/s1. The molecular formula is C12H13ClN2. The third-order valence-electron chi connectivity index (χ3n) is 3.13. The topological polar surface area (TPSA) is 27.8 Å². The molecule has 2 nitrogen and oxygen atoms in total. The van der Waals surface area contributed by atoms with Crippen LogP contribution in [0.15, 0.2) is 24.3 Å². The van der Waals surface area contributed by atoms with Gasteiger partial charge in [0.05, 0.1) is 0 Å². The van der Waals surface area contributed by atoms with E-state index >= 15 is 0 Å². The highest BCUT2D eigenvalue weighted by molar-refractivity contribution is 6.35. The zero-order valence-corrected chi connectivity index (χ0v) is 9.14. The first kappa shape index (κ1) is 9.25. The molecule has 0 unspecified atom stereocenters. The quantitative estimate of drug-likeness (QED) is 0.760. The van der Waals surface area contributed by atoms with Crippen LogP contribution in [0.4, 0.5) is 0 Å². The van der Waals surface area contributed by atoms with E-state index in [-0.39, 0.29) is 0 Å². The molecule has 3 rings (SSSR count). The van der Waals surface area contributed by atoms with E-state index in [4.69, 9.17) is 11.6 Å². The summed E-state index contributed by atoms with van der Waals surface area (Å²) in [5, 5.41) is 5.35. The molecule has 1 fully saturated rings. The van der Waals surface area contributed by atoms with Crippen molar-refractivity contribution in [3.63, 3.8) is 0 Å². The molecule has 1 aliphatic heterocycles. The van der Waals surface area contributed by atoms with Crippen LogP contribution in [0, 0.1) is 0 Å². The Balaban J connectivity index is 2.09. The summed E-state index contributed by atoms with van der Waals surface area (Å²) in [6.07, 6.45) is 1.21. The lowest BCUT2D eigenvalue weighted by Crippen LogP contribution is -2.07. The van der Waals surface area contributed by atoms with Crippen molar-refractivity contribution in [3.8, 4) is 0 Å². The minimum Gasteiger partial charge on any atom is -0.358 e. The fourth-order valence-electron chi connectivity index (χ4n) is 2.28. The van der Waals surface area contributed by atoms with Crippen LogP contribution in [0.1, 0.15) is 18.0 Å². The highest BCUT2D eigenvalue weighted by Gasteiger charge is 2.18. The number of halogens is 1. The average Bonchev–Trinajstić information content (AvgIpc) is 2.86. The molecule has 1 atom stereocenters. The summed E-state index contributed by atoms with van der Waals surface area (Å²) in [4.78, 5) is 3.45. The third kappa shape index (κ3) is 1.54. The maximum atomic E-state index is 6.14. The predicted octanol–water partition coefficient (Wildman–Crippen LogP) is 2.90. The van der Waals surface area contributed by atoms with Gasteiger partial charge in [0.2, 0.25) is 0 Å². The van der Waals surface area contributed by atoms with Gasteiger partial charge in [-0.25, -0.2) is 0 Å². The van der Waals surface area contributed by atoms with Gasteiger partial charge in [-0.2, -0.15) is 0 Å². The zero-order valence-electron chi connectivity index (χ0n) is 8.39. The molecule has 3 heteroatoms. The minimum absolute atomic E-state index is 0.619. The molecule has 1 aliphatic rings. The molecule has 78 valence electrons. The average molecular weight is 221 g/mol. The molecule has 15 heavy (non-hydrogen) atoms. The number of benzene rings is 1. The Kier molecular flexibility index (Phi) is 2.19. The molecule has 0 spiro atoms. The fraction of sp³-hybridized carbons (Fsp3) is 0.333. The van der Waals surface area contributed by atoms with Gasteiger partial charge in [-0.3, -0.25) is 0 Å².